The van der Waals surface area contributed by atoms with Gasteiger partial charge in [0.15, 0.2) is 5.16 Å². The van der Waals surface area contributed by atoms with E-state index in [1.165, 1.54) is 5.56 Å². The summed E-state index contributed by atoms with van der Waals surface area (Å²) in [6.07, 6.45) is 3.78. The van der Waals surface area contributed by atoms with Crippen LogP contribution in [0, 0.1) is 0 Å². The van der Waals surface area contributed by atoms with Crippen molar-refractivity contribution in [3.63, 3.8) is 0 Å². The molecule has 0 saturated heterocycles. The first kappa shape index (κ1) is 16.7. The summed E-state index contributed by atoms with van der Waals surface area (Å²) in [5.74, 6) is 0.354. The van der Waals surface area contributed by atoms with Crippen molar-refractivity contribution < 1.29 is 4.79 Å². The summed E-state index contributed by atoms with van der Waals surface area (Å²) < 4.78 is 2.20. The molecule has 0 aliphatic heterocycles. The molecule has 3 nitrogen and oxygen atoms in total. The Morgan fingerprint density at radius 3 is 2.80 bits per heavy atom. The maximum atomic E-state index is 12.3. The van der Waals surface area contributed by atoms with Crippen molar-refractivity contribution in [2.45, 2.75) is 42.6 Å². The fraction of sp³-hybridized carbons (Fsp3) is 0.300. The topological polar surface area (TPSA) is 34.9 Å². The SMILES string of the molecule is O=C1CCCCC1Sc1nc2cc(Cl)ccc2n1Cc1ccccc1. The number of halogens is 1. The van der Waals surface area contributed by atoms with Gasteiger partial charge in [-0.3, -0.25) is 4.79 Å². The second-order valence-corrected chi connectivity index (χ2v) is 8.02. The van der Waals surface area contributed by atoms with Gasteiger partial charge in [0.1, 0.15) is 5.78 Å². The summed E-state index contributed by atoms with van der Waals surface area (Å²) in [5.41, 5.74) is 3.15. The number of thioether (sulfide) groups is 1. The Bertz CT molecular complexity index is 907. The Morgan fingerprint density at radius 2 is 2.00 bits per heavy atom. The minimum atomic E-state index is 0.0237. The molecular weight excluding hydrogens is 352 g/mol. The Hall–Kier alpha value is -1.78. The average molecular weight is 371 g/mol. The van der Waals surface area contributed by atoms with E-state index >= 15 is 0 Å². The number of rotatable bonds is 4. The van der Waals surface area contributed by atoms with E-state index in [1.807, 2.05) is 36.4 Å². The smallest absolute Gasteiger partial charge is 0.170 e. The van der Waals surface area contributed by atoms with E-state index in [4.69, 9.17) is 16.6 Å². The monoisotopic (exact) mass is 370 g/mol. The lowest BCUT2D eigenvalue weighted by molar-refractivity contribution is -0.119. The van der Waals surface area contributed by atoms with Crippen LogP contribution in [0.3, 0.4) is 0 Å². The average Bonchev–Trinajstić information content (AvgIpc) is 2.94. The van der Waals surface area contributed by atoms with E-state index in [2.05, 4.69) is 16.7 Å². The number of nitrogens with zero attached hydrogens (tertiary/aromatic N) is 2. The molecule has 1 aliphatic carbocycles. The second kappa shape index (κ2) is 7.22. The van der Waals surface area contributed by atoms with Crippen LogP contribution in [0.15, 0.2) is 53.7 Å². The third-order valence-electron chi connectivity index (χ3n) is 4.61. The molecule has 0 spiro atoms. The summed E-state index contributed by atoms with van der Waals surface area (Å²) in [6.45, 7) is 0.738. The van der Waals surface area contributed by atoms with E-state index in [-0.39, 0.29) is 5.25 Å². The molecule has 1 saturated carbocycles. The van der Waals surface area contributed by atoms with Gasteiger partial charge in [0, 0.05) is 11.4 Å². The lowest BCUT2D eigenvalue weighted by Gasteiger charge is -2.20. The number of benzene rings is 2. The maximum Gasteiger partial charge on any atom is 0.170 e. The number of carbonyl (C=O) groups excluding carboxylic acids is 1. The molecule has 1 heterocycles. The van der Waals surface area contributed by atoms with Crippen molar-refractivity contribution in [2.75, 3.05) is 0 Å². The first-order valence-electron chi connectivity index (χ1n) is 8.60. The van der Waals surface area contributed by atoms with Crippen LogP contribution in [0.25, 0.3) is 11.0 Å². The molecule has 2 aromatic carbocycles. The van der Waals surface area contributed by atoms with Crippen LogP contribution in [0.2, 0.25) is 5.02 Å². The molecule has 0 amide bonds. The van der Waals surface area contributed by atoms with Crippen LogP contribution < -0.4 is 0 Å². The highest BCUT2D eigenvalue weighted by Crippen LogP contribution is 2.34. The number of carbonyl (C=O) groups is 1. The van der Waals surface area contributed by atoms with Gasteiger partial charge in [-0.1, -0.05) is 60.1 Å². The molecule has 0 bridgehead atoms. The van der Waals surface area contributed by atoms with Gasteiger partial charge in [-0.05, 0) is 36.6 Å². The molecular formula is C20H19ClN2OS. The van der Waals surface area contributed by atoms with Crippen LogP contribution in [-0.4, -0.2) is 20.6 Å². The first-order valence-corrected chi connectivity index (χ1v) is 9.85. The van der Waals surface area contributed by atoms with Crippen molar-refractivity contribution in [3.8, 4) is 0 Å². The summed E-state index contributed by atoms with van der Waals surface area (Å²) in [4.78, 5) is 17.0. The highest BCUT2D eigenvalue weighted by Gasteiger charge is 2.25. The van der Waals surface area contributed by atoms with Crippen molar-refractivity contribution >= 4 is 40.2 Å². The van der Waals surface area contributed by atoms with Crippen LogP contribution >= 0.6 is 23.4 Å². The van der Waals surface area contributed by atoms with Gasteiger partial charge in [-0.15, -0.1) is 0 Å². The van der Waals surface area contributed by atoms with E-state index in [0.29, 0.717) is 17.2 Å². The van der Waals surface area contributed by atoms with Gasteiger partial charge < -0.3 is 4.57 Å². The highest BCUT2D eigenvalue weighted by molar-refractivity contribution is 8.00. The molecule has 128 valence electrons. The van der Waals surface area contributed by atoms with Gasteiger partial charge in [0.05, 0.1) is 22.8 Å². The fourth-order valence-corrected chi connectivity index (χ4v) is 4.69. The number of aromatic nitrogens is 2. The Labute approximate surface area is 156 Å². The molecule has 1 aliphatic rings. The molecule has 5 heteroatoms. The third kappa shape index (κ3) is 3.60. The summed E-state index contributed by atoms with van der Waals surface area (Å²) in [6, 6.07) is 16.1. The van der Waals surface area contributed by atoms with E-state index < -0.39 is 0 Å². The number of ketones is 1. The number of fused-ring (bicyclic) bond motifs is 1. The molecule has 3 aromatic rings. The fourth-order valence-electron chi connectivity index (χ4n) is 3.29. The molecule has 25 heavy (non-hydrogen) atoms. The molecule has 0 N–H and O–H groups in total. The Morgan fingerprint density at radius 1 is 1.16 bits per heavy atom. The summed E-state index contributed by atoms with van der Waals surface area (Å²) >= 11 is 7.75. The third-order valence-corrected chi connectivity index (χ3v) is 6.15. The molecule has 0 radical (unpaired) electrons. The lowest BCUT2D eigenvalue weighted by atomic mass is 9.99. The quantitative estimate of drug-likeness (QED) is 0.621. The molecule has 1 fully saturated rings. The Kier molecular flexibility index (Phi) is 4.82. The lowest BCUT2D eigenvalue weighted by Crippen LogP contribution is -2.22. The zero-order chi connectivity index (χ0) is 17.2. The predicted octanol–water partition coefficient (Wildman–Crippen LogP) is 5.34. The second-order valence-electron chi connectivity index (χ2n) is 6.42. The minimum absolute atomic E-state index is 0.0237. The van der Waals surface area contributed by atoms with Crippen molar-refractivity contribution in [3.05, 3.63) is 59.1 Å². The van der Waals surface area contributed by atoms with Gasteiger partial charge in [-0.2, -0.15) is 0 Å². The number of hydrogen-bond donors (Lipinski definition) is 0. The van der Waals surface area contributed by atoms with Crippen molar-refractivity contribution in [2.24, 2.45) is 0 Å². The minimum Gasteiger partial charge on any atom is -0.314 e. The van der Waals surface area contributed by atoms with Crippen LogP contribution in [0.5, 0.6) is 0 Å². The molecule has 4 rings (SSSR count). The Balaban J connectivity index is 1.73. The standard InChI is InChI=1S/C20H19ClN2OS/c21-15-10-11-17-16(12-15)22-20(25-19-9-5-4-8-18(19)24)23(17)13-14-6-2-1-3-7-14/h1-3,6-7,10-12,19H,4-5,8-9,13H2. The van der Waals surface area contributed by atoms with Crippen LogP contribution in [0.1, 0.15) is 31.2 Å². The van der Waals surface area contributed by atoms with Gasteiger partial charge >= 0.3 is 0 Å². The molecule has 1 unspecified atom stereocenters. The van der Waals surface area contributed by atoms with Gasteiger partial charge in [-0.25, -0.2) is 4.98 Å². The molecule has 1 aromatic heterocycles. The number of imidazole rings is 1. The largest absolute Gasteiger partial charge is 0.314 e. The summed E-state index contributed by atoms with van der Waals surface area (Å²) in [7, 11) is 0. The maximum absolute atomic E-state index is 12.3. The van der Waals surface area contributed by atoms with Gasteiger partial charge in [0.25, 0.3) is 0 Å². The predicted molar refractivity (Wildman–Crippen MR) is 103 cm³/mol. The number of Topliss-reactive ketones (excluding diaryl/α,β-unsaturated/α-hetero) is 1. The van der Waals surface area contributed by atoms with Crippen molar-refractivity contribution in [1.29, 1.82) is 0 Å². The van der Waals surface area contributed by atoms with E-state index in [9.17, 15) is 4.79 Å². The van der Waals surface area contributed by atoms with Gasteiger partial charge in [0.2, 0.25) is 0 Å². The van der Waals surface area contributed by atoms with Crippen molar-refractivity contribution in [1.82, 2.24) is 9.55 Å². The van der Waals surface area contributed by atoms with E-state index in [0.717, 1.165) is 42.0 Å². The zero-order valence-corrected chi connectivity index (χ0v) is 15.4. The van der Waals surface area contributed by atoms with E-state index in [1.54, 1.807) is 11.8 Å². The first-order chi connectivity index (χ1) is 12.2. The number of hydrogen-bond acceptors (Lipinski definition) is 3. The van der Waals surface area contributed by atoms with Crippen LogP contribution in [0.4, 0.5) is 0 Å². The normalized spacial score (nSPS) is 18.0. The highest BCUT2D eigenvalue weighted by atomic mass is 35.5. The zero-order valence-electron chi connectivity index (χ0n) is 13.8. The summed E-state index contributed by atoms with van der Waals surface area (Å²) in [5, 5.41) is 1.61. The van der Waals surface area contributed by atoms with Crippen LogP contribution in [-0.2, 0) is 11.3 Å². The molecule has 1 atom stereocenters.